The third kappa shape index (κ3) is 2.19. The van der Waals surface area contributed by atoms with Crippen LogP contribution in [0.5, 0.6) is 0 Å². The van der Waals surface area contributed by atoms with Crippen molar-refractivity contribution in [1.82, 2.24) is 4.98 Å². The maximum atomic E-state index is 13.2. The van der Waals surface area contributed by atoms with Gasteiger partial charge in [-0.2, -0.15) is 0 Å². The fraction of sp³-hybridized carbons (Fsp3) is 0.182. The molecule has 0 radical (unpaired) electrons. The molecule has 2 aliphatic rings. The van der Waals surface area contributed by atoms with Gasteiger partial charge in [0.25, 0.3) is 0 Å². The fourth-order valence-corrected chi connectivity index (χ4v) is 4.45. The number of nitrogens with zero attached hydrogens (tertiary/aromatic N) is 1. The van der Waals surface area contributed by atoms with E-state index in [1.165, 1.54) is 16.7 Å². The van der Waals surface area contributed by atoms with E-state index < -0.39 is 0 Å². The molecule has 5 rings (SSSR count). The number of hydrogen-bond donors (Lipinski definition) is 1. The predicted molar refractivity (Wildman–Crippen MR) is 97.9 cm³/mol. The van der Waals surface area contributed by atoms with Gasteiger partial charge in [-0.25, -0.2) is 0 Å². The fourth-order valence-electron chi connectivity index (χ4n) is 4.45. The van der Waals surface area contributed by atoms with Crippen molar-refractivity contribution in [1.29, 1.82) is 0 Å². The average Bonchev–Trinajstić information content (AvgIpc) is 3.07. The van der Waals surface area contributed by atoms with Crippen LogP contribution < -0.4 is 5.32 Å². The first kappa shape index (κ1) is 14.4. The molecule has 3 atom stereocenters. The first-order valence-electron chi connectivity index (χ1n) is 8.70. The van der Waals surface area contributed by atoms with Crippen molar-refractivity contribution < 1.29 is 4.79 Å². The molecule has 0 spiro atoms. The highest BCUT2D eigenvalue weighted by atomic mass is 16.1. The van der Waals surface area contributed by atoms with Gasteiger partial charge in [0.1, 0.15) is 0 Å². The van der Waals surface area contributed by atoms with E-state index in [1.807, 2.05) is 42.7 Å². The number of nitrogens with one attached hydrogen (secondary N) is 1. The van der Waals surface area contributed by atoms with E-state index in [9.17, 15) is 4.79 Å². The van der Waals surface area contributed by atoms with Gasteiger partial charge in [-0.05, 0) is 29.2 Å². The molecule has 2 aromatic carbocycles. The summed E-state index contributed by atoms with van der Waals surface area (Å²) in [7, 11) is 0. The van der Waals surface area contributed by atoms with E-state index in [-0.39, 0.29) is 23.7 Å². The van der Waals surface area contributed by atoms with Gasteiger partial charge in [-0.1, -0.05) is 54.6 Å². The highest BCUT2D eigenvalue weighted by Crippen LogP contribution is 2.49. The van der Waals surface area contributed by atoms with Crippen LogP contribution >= 0.6 is 0 Å². The molecular formula is C22H18N2O. The number of anilines is 1. The van der Waals surface area contributed by atoms with Gasteiger partial charge >= 0.3 is 0 Å². The SMILES string of the molecule is O=C(c1ccccc1)[C@H]1Nc2cnccc2[C@H]2c3ccccc3C[C@@H]21. The van der Waals surface area contributed by atoms with Crippen LogP contribution in [0.4, 0.5) is 5.69 Å². The zero-order chi connectivity index (χ0) is 16.8. The summed E-state index contributed by atoms with van der Waals surface area (Å²) in [4.78, 5) is 17.5. The van der Waals surface area contributed by atoms with Crippen molar-refractivity contribution in [3.05, 3.63) is 95.3 Å². The van der Waals surface area contributed by atoms with Crippen molar-refractivity contribution >= 4 is 11.5 Å². The lowest BCUT2D eigenvalue weighted by Crippen LogP contribution is -2.42. The first-order chi connectivity index (χ1) is 12.3. The van der Waals surface area contributed by atoms with Crippen LogP contribution in [0.25, 0.3) is 0 Å². The second kappa shape index (κ2) is 5.55. The minimum absolute atomic E-state index is 0.165. The molecule has 1 aliphatic carbocycles. The lowest BCUT2D eigenvalue weighted by Gasteiger charge is -2.36. The molecule has 0 fully saturated rings. The summed E-state index contributed by atoms with van der Waals surface area (Å²) >= 11 is 0. The molecule has 1 N–H and O–H groups in total. The summed E-state index contributed by atoms with van der Waals surface area (Å²) in [5.41, 5.74) is 5.71. The zero-order valence-electron chi connectivity index (χ0n) is 13.7. The molecule has 1 aromatic heterocycles. The van der Waals surface area contributed by atoms with Crippen LogP contribution in [0.3, 0.4) is 0 Å². The molecule has 0 amide bonds. The normalized spacial score (nSPS) is 23.1. The Bertz CT molecular complexity index is 951. The Hall–Kier alpha value is -2.94. The standard InChI is InChI=1S/C22H18N2O/c25-22(14-6-2-1-3-7-14)21-18-12-15-8-4-5-9-16(15)20(18)17-10-11-23-13-19(17)24-21/h1-11,13,18,20-21,24H,12H2/t18-,20+,21-/m0/s1. The number of ketones is 1. The number of fused-ring (bicyclic) bond motifs is 5. The van der Waals surface area contributed by atoms with Gasteiger partial charge in [0, 0.05) is 23.6 Å². The Balaban J connectivity index is 1.63. The number of pyridine rings is 1. The molecule has 3 aromatic rings. The van der Waals surface area contributed by atoms with Gasteiger partial charge in [0.05, 0.1) is 17.9 Å². The summed E-state index contributed by atoms with van der Waals surface area (Å²) < 4.78 is 0. The number of carbonyl (C=O) groups is 1. The molecular weight excluding hydrogens is 308 g/mol. The molecule has 3 heteroatoms. The summed E-state index contributed by atoms with van der Waals surface area (Å²) in [6.07, 6.45) is 4.62. The van der Waals surface area contributed by atoms with Gasteiger partial charge < -0.3 is 5.32 Å². The van der Waals surface area contributed by atoms with E-state index in [2.05, 4.69) is 40.6 Å². The summed E-state index contributed by atoms with van der Waals surface area (Å²) in [5.74, 6) is 0.658. The van der Waals surface area contributed by atoms with Crippen LogP contribution in [-0.2, 0) is 6.42 Å². The van der Waals surface area contributed by atoms with Crippen LogP contribution in [0.1, 0.15) is 33.0 Å². The lowest BCUT2D eigenvalue weighted by atomic mass is 9.76. The Morgan fingerprint density at radius 2 is 1.76 bits per heavy atom. The number of benzene rings is 2. The average molecular weight is 326 g/mol. The monoisotopic (exact) mass is 326 g/mol. The van der Waals surface area contributed by atoms with Crippen molar-refractivity contribution in [3.63, 3.8) is 0 Å². The lowest BCUT2D eigenvalue weighted by molar-refractivity contribution is 0.0938. The number of aromatic nitrogens is 1. The van der Waals surface area contributed by atoms with Crippen molar-refractivity contribution in [2.24, 2.45) is 5.92 Å². The molecule has 1 aliphatic heterocycles. The number of hydrogen-bond acceptors (Lipinski definition) is 3. The Morgan fingerprint density at radius 1 is 0.960 bits per heavy atom. The molecule has 122 valence electrons. The van der Waals surface area contributed by atoms with E-state index in [4.69, 9.17) is 0 Å². The zero-order valence-corrected chi connectivity index (χ0v) is 13.7. The third-order valence-electron chi connectivity index (χ3n) is 5.54. The van der Waals surface area contributed by atoms with E-state index in [0.29, 0.717) is 0 Å². The number of rotatable bonds is 2. The highest BCUT2D eigenvalue weighted by Gasteiger charge is 2.45. The summed E-state index contributed by atoms with van der Waals surface area (Å²) in [5, 5.41) is 3.49. The Morgan fingerprint density at radius 3 is 2.64 bits per heavy atom. The van der Waals surface area contributed by atoms with E-state index >= 15 is 0 Å². The molecule has 0 unspecified atom stereocenters. The molecule has 3 nitrogen and oxygen atoms in total. The van der Waals surface area contributed by atoms with Crippen LogP contribution in [0, 0.1) is 5.92 Å². The van der Waals surface area contributed by atoms with Crippen LogP contribution in [0.2, 0.25) is 0 Å². The first-order valence-corrected chi connectivity index (χ1v) is 8.70. The molecule has 0 saturated carbocycles. The second-order valence-electron chi connectivity index (χ2n) is 6.86. The van der Waals surface area contributed by atoms with Crippen LogP contribution in [-0.4, -0.2) is 16.8 Å². The van der Waals surface area contributed by atoms with E-state index in [1.54, 1.807) is 0 Å². The second-order valence-corrected chi connectivity index (χ2v) is 6.86. The highest BCUT2D eigenvalue weighted by molar-refractivity contribution is 6.02. The van der Waals surface area contributed by atoms with Crippen molar-refractivity contribution in [2.75, 3.05) is 5.32 Å². The summed E-state index contributed by atoms with van der Waals surface area (Å²) in [6, 6.07) is 20.0. The van der Waals surface area contributed by atoms with Gasteiger partial charge in [0.2, 0.25) is 0 Å². The third-order valence-corrected chi connectivity index (χ3v) is 5.54. The van der Waals surface area contributed by atoms with Crippen molar-refractivity contribution in [3.8, 4) is 0 Å². The molecule has 0 bridgehead atoms. The number of Topliss-reactive ketones (excluding diaryl/α,β-unsaturated/α-hetero) is 1. The largest absolute Gasteiger partial charge is 0.373 e. The summed E-state index contributed by atoms with van der Waals surface area (Å²) in [6.45, 7) is 0. The Kier molecular flexibility index (Phi) is 3.20. The molecule has 25 heavy (non-hydrogen) atoms. The van der Waals surface area contributed by atoms with E-state index in [0.717, 1.165) is 17.7 Å². The van der Waals surface area contributed by atoms with Crippen molar-refractivity contribution in [2.45, 2.75) is 18.4 Å². The quantitative estimate of drug-likeness (QED) is 0.722. The van der Waals surface area contributed by atoms with Gasteiger partial charge in [0.15, 0.2) is 5.78 Å². The number of carbonyl (C=O) groups excluding carboxylic acids is 1. The van der Waals surface area contributed by atoms with Gasteiger partial charge in [-0.3, -0.25) is 9.78 Å². The minimum atomic E-state index is -0.225. The van der Waals surface area contributed by atoms with Gasteiger partial charge in [-0.15, -0.1) is 0 Å². The Labute approximate surface area is 146 Å². The predicted octanol–water partition coefficient (Wildman–Crippen LogP) is 4.06. The molecule has 0 saturated heterocycles. The van der Waals surface area contributed by atoms with Crippen LogP contribution in [0.15, 0.2) is 73.1 Å². The maximum Gasteiger partial charge on any atom is 0.185 e. The smallest absolute Gasteiger partial charge is 0.185 e. The topological polar surface area (TPSA) is 42.0 Å². The maximum absolute atomic E-state index is 13.2. The minimum Gasteiger partial charge on any atom is -0.373 e. The molecule has 2 heterocycles.